The lowest BCUT2D eigenvalue weighted by atomic mass is 10.2. The summed E-state index contributed by atoms with van der Waals surface area (Å²) in [6.07, 6.45) is 4.10. The van der Waals surface area contributed by atoms with Crippen LogP contribution in [0.3, 0.4) is 0 Å². The molecule has 0 unspecified atom stereocenters. The Bertz CT molecular complexity index is 837. The third kappa shape index (κ3) is 2.20. The predicted octanol–water partition coefficient (Wildman–Crippen LogP) is 3.14. The van der Waals surface area contributed by atoms with Gasteiger partial charge in [-0.25, -0.2) is 4.39 Å². The van der Waals surface area contributed by atoms with Gasteiger partial charge in [0.25, 0.3) is 0 Å². The molecule has 0 atom stereocenters. The van der Waals surface area contributed by atoms with E-state index >= 15 is 0 Å². The molecule has 0 N–H and O–H groups in total. The number of hydrogen-bond donors (Lipinski definition) is 0. The third-order valence-corrected chi connectivity index (χ3v) is 4.91. The molecule has 1 aliphatic rings. The molecule has 0 aliphatic carbocycles. The van der Waals surface area contributed by atoms with Crippen molar-refractivity contribution in [3.63, 3.8) is 0 Å². The van der Waals surface area contributed by atoms with Crippen LogP contribution in [0.25, 0.3) is 21.5 Å². The van der Waals surface area contributed by atoms with E-state index in [1.807, 2.05) is 23.6 Å². The average molecular weight is 315 g/mol. The van der Waals surface area contributed by atoms with Gasteiger partial charge in [-0.15, -0.1) is 11.3 Å². The van der Waals surface area contributed by atoms with Gasteiger partial charge < -0.3 is 9.47 Å². The summed E-state index contributed by atoms with van der Waals surface area (Å²) >= 11 is 1.61. The summed E-state index contributed by atoms with van der Waals surface area (Å²) in [6, 6.07) is 5.88. The molecule has 3 aromatic rings. The van der Waals surface area contributed by atoms with E-state index in [0.717, 1.165) is 30.0 Å². The lowest BCUT2D eigenvalue weighted by Crippen LogP contribution is -2.43. The van der Waals surface area contributed by atoms with Gasteiger partial charge in [-0.2, -0.15) is 0 Å². The standard InChI is InChI=1S/C16H14FN3OS/c17-12-9-20(10-15(21)19-4-2-5-19)13-7-11(8-18-16(12)13)14-3-1-6-22-14/h1,3,6-9H,2,4-5,10H2. The van der Waals surface area contributed by atoms with Gasteiger partial charge in [-0.1, -0.05) is 6.07 Å². The number of carbonyl (C=O) groups excluding carboxylic acids is 1. The quantitative estimate of drug-likeness (QED) is 0.745. The van der Waals surface area contributed by atoms with Crippen LogP contribution in [0.1, 0.15) is 6.42 Å². The van der Waals surface area contributed by atoms with Gasteiger partial charge in [0.05, 0.1) is 5.52 Å². The van der Waals surface area contributed by atoms with Crippen molar-refractivity contribution >= 4 is 28.3 Å². The number of aromatic nitrogens is 2. The highest BCUT2D eigenvalue weighted by Gasteiger charge is 2.21. The van der Waals surface area contributed by atoms with Crippen LogP contribution in [0.5, 0.6) is 0 Å². The Morgan fingerprint density at radius 1 is 1.41 bits per heavy atom. The zero-order chi connectivity index (χ0) is 15.1. The normalized spacial score (nSPS) is 14.3. The topological polar surface area (TPSA) is 38.1 Å². The van der Waals surface area contributed by atoms with E-state index in [0.29, 0.717) is 11.0 Å². The molecule has 4 rings (SSSR count). The Hall–Kier alpha value is -2.21. The fourth-order valence-electron chi connectivity index (χ4n) is 2.64. The number of hydrogen-bond acceptors (Lipinski definition) is 3. The van der Waals surface area contributed by atoms with Gasteiger partial charge in [0, 0.05) is 35.9 Å². The fourth-order valence-corrected chi connectivity index (χ4v) is 3.35. The monoisotopic (exact) mass is 315 g/mol. The molecular weight excluding hydrogens is 301 g/mol. The SMILES string of the molecule is O=C(Cn1cc(F)c2ncc(-c3cccs3)cc21)N1CCC1. The number of nitrogens with zero attached hydrogens (tertiary/aromatic N) is 3. The Labute approximate surface area is 130 Å². The van der Waals surface area contributed by atoms with Crippen LogP contribution < -0.4 is 0 Å². The van der Waals surface area contributed by atoms with Crippen LogP contribution in [-0.2, 0) is 11.3 Å². The number of carbonyl (C=O) groups is 1. The van der Waals surface area contributed by atoms with Crippen LogP contribution in [0.4, 0.5) is 4.39 Å². The van der Waals surface area contributed by atoms with Crippen LogP contribution in [0.2, 0.25) is 0 Å². The molecule has 4 nitrogen and oxygen atoms in total. The molecule has 3 aromatic heterocycles. The molecule has 6 heteroatoms. The molecular formula is C16H14FN3OS. The first kappa shape index (κ1) is 13.5. The molecule has 1 saturated heterocycles. The molecule has 0 saturated carbocycles. The van der Waals surface area contributed by atoms with Crippen molar-refractivity contribution in [1.82, 2.24) is 14.5 Å². The Morgan fingerprint density at radius 2 is 2.27 bits per heavy atom. The van der Waals surface area contributed by atoms with Gasteiger partial charge >= 0.3 is 0 Å². The first-order valence-corrected chi connectivity index (χ1v) is 8.06. The maximum absolute atomic E-state index is 14.0. The highest BCUT2D eigenvalue weighted by molar-refractivity contribution is 7.13. The van der Waals surface area contributed by atoms with E-state index in [-0.39, 0.29) is 18.3 Å². The van der Waals surface area contributed by atoms with Gasteiger partial charge in [-0.05, 0) is 23.9 Å². The summed E-state index contributed by atoms with van der Waals surface area (Å²) in [5.41, 5.74) is 1.92. The van der Waals surface area contributed by atoms with Crippen molar-refractivity contribution in [2.75, 3.05) is 13.1 Å². The highest BCUT2D eigenvalue weighted by atomic mass is 32.1. The predicted molar refractivity (Wildman–Crippen MR) is 84.2 cm³/mol. The van der Waals surface area contributed by atoms with Crippen LogP contribution in [0, 0.1) is 5.82 Å². The number of halogens is 1. The molecule has 4 heterocycles. The summed E-state index contributed by atoms with van der Waals surface area (Å²) in [5.74, 6) is -0.353. The zero-order valence-corrected chi connectivity index (χ0v) is 12.6. The first-order chi connectivity index (χ1) is 10.7. The number of likely N-dealkylation sites (tertiary alicyclic amines) is 1. The second-order valence-corrected chi connectivity index (χ2v) is 6.36. The number of thiophene rings is 1. The zero-order valence-electron chi connectivity index (χ0n) is 11.8. The summed E-state index contributed by atoms with van der Waals surface area (Å²) in [5, 5.41) is 1.99. The molecule has 0 aromatic carbocycles. The molecule has 1 amide bonds. The molecule has 0 spiro atoms. The fraction of sp³-hybridized carbons (Fsp3) is 0.250. The smallest absolute Gasteiger partial charge is 0.242 e. The Balaban J connectivity index is 1.74. The molecule has 0 bridgehead atoms. The van der Waals surface area contributed by atoms with Gasteiger partial charge in [0.15, 0.2) is 5.82 Å². The highest BCUT2D eigenvalue weighted by Crippen LogP contribution is 2.28. The number of pyridine rings is 1. The number of rotatable bonds is 3. The van der Waals surface area contributed by atoms with Crippen LogP contribution in [-0.4, -0.2) is 33.4 Å². The minimum Gasteiger partial charge on any atom is -0.341 e. The third-order valence-electron chi connectivity index (χ3n) is 3.99. The van der Waals surface area contributed by atoms with E-state index in [4.69, 9.17) is 0 Å². The average Bonchev–Trinajstić information content (AvgIpc) is 3.06. The molecule has 22 heavy (non-hydrogen) atoms. The maximum Gasteiger partial charge on any atom is 0.242 e. The van der Waals surface area contributed by atoms with E-state index in [1.54, 1.807) is 27.0 Å². The van der Waals surface area contributed by atoms with Crippen molar-refractivity contribution < 1.29 is 9.18 Å². The van der Waals surface area contributed by atoms with E-state index < -0.39 is 0 Å². The first-order valence-electron chi connectivity index (χ1n) is 7.18. The number of fused-ring (bicyclic) bond motifs is 1. The summed E-state index contributed by atoms with van der Waals surface area (Å²) in [4.78, 5) is 19.2. The number of amides is 1. The van der Waals surface area contributed by atoms with E-state index in [2.05, 4.69) is 4.98 Å². The Kier molecular flexibility index (Phi) is 3.18. The van der Waals surface area contributed by atoms with Crippen LogP contribution >= 0.6 is 11.3 Å². The van der Waals surface area contributed by atoms with Crippen molar-refractivity contribution in [2.45, 2.75) is 13.0 Å². The maximum atomic E-state index is 14.0. The second-order valence-electron chi connectivity index (χ2n) is 5.41. The molecule has 1 fully saturated rings. The van der Waals surface area contributed by atoms with E-state index in [9.17, 15) is 9.18 Å². The van der Waals surface area contributed by atoms with Crippen molar-refractivity contribution in [3.05, 3.63) is 41.8 Å². The van der Waals surface area contributed by atoms with Gasteiger partial charge in [-0.3, -0.25) is 9.78 Å². The molecule has 112 valence electrons. The lowest BCUT2D eigenvalue weighted by Gasteiger charge is -2.31. The molecule has 0 radical (unpaired) electrons. The van der Waals surface area contributed by atoms with Gasteiger partial charge in [0.1, 0.15) is 12.1 Å². The summed E-state index contributed by atoms with van der Waals surface area (Å²) in [6.45, 7) is 1.77. The lowest BCUT2D eigenvalue weighted by molar-refractivity contribution is -0.135. The van der Waals surface area contributed by atoms with E-state index in [1.165, 1.54) is 6.20 Å². The minimum atomic E-state index is -0.385. The Morgan fingerprint density at radius 3 is 2.95 bits per heavy atom. The van der Waals surface area contributed by atoms with Crippen molar-refractivity contribution in [3.8, 4) is 10.4 Å². The summed E-state index contributed by atoms with van der Waals surface area (Å²) in [7, 11) is 0. The minimum absolute atomic E-state index is 0.0321. The largest absolute Gasteiger partial charge is 0.341 e. The molecule has 1 aliphatic heterocycles. The second kappa shape index (κ2) is 5.21. The van der Waals surface area contributed by atoms with Crippen molar-refractivity contribution in [2.24, 2.45) is 0 Å². The van der Waals surface area contributed by atoms with Gasteiger partial charge in [0.2, 0.25) is 5.91 Å². The van der Waals surface area contributed by atoms with Crippen LogP contribution in [0.15, 0.2) is 36.0 Å². The summed E-state index contributed by atoms with van der Waals surface area (Å²) < 4.78 is 15.7. The van der Waals surface area contributed by atoms with Crippen molar-refractivity contribution in [1.29, 1.82) is 0 Å².